The van der Waals surface area contributed by atoms with Crippen molar-refractivity contribution in [2.75, 3.05) is 4.90 Å². The molecule has 1 amide bonds. The minimum atomic E-state index is -0.0281. The summed E-state index contributed by atoms with van der Waals surface area (Å²) in [5.74, 6) is 1.78. The second-order valence-electron chi connectivity index (χ2n) is 5.73. The predicted octanol–water partition coefficient (Wildman–Crippen LogP) is 5.57. The summed E-state index contributed by atoms with van der Waals surface area (Å²) >= 11 is 3.35. The van der Waals surface area contributed by atoms with E-state index in [1.807, 2.05) is 47.5 Å². The minimum Gasteiger partial charge on any atom is -0.274 e. The summed E-state index contributed by atoms with van der Waals surface area (Å²) in [6.07, 6.45) is 0. The molecule has 0 aliphatic rings. The normalized spacial score (nSPS) is 10.6. The number of anilines is 2. The number of rotatable bonds is 6. The zero-order valence-electron chi connectivity index (χ0n) is 14.3. The van der Waals surface area contributed by atoms with Crippen LogP contribution in [-0.2, 0) is 16.3 Å². The van der Waals surface area contributed by atoms with Gasteiger partial charge in [-0.2, -0.15) is 11.8 Å². The van der Waals surface area contributed by atoms with E-state index >= 15 is 0 Å². The van der Waals surface area contributed by atoms with Gasteiger partial charge in [0.25, 0.3) is 0 Å². The summed E-state index contributed by atoms with van der Waals surface area (Å²) in [4.78, 5) is 18.4. The molecule has 3 aromatic rings. The molecule has 2 aromatic carbocycles. The maximum atomic E-state index is 12.1. The van der Waals surface area contributed by atoms with Crippen molar-refractivity contribution in [3.05, 3.63) is 76.8 Å². The Labute approximate surface area is 156 Å². The molecule has 0 aliphatic carbocycles. The Hall–Kier alpha value is -2.11. The third-order valence-corrected chi connectivity index (χ3v) is 5.72. The fourth-order valence-electron chi connectivity index (χ4n) is 2.51. The van der Waals surface area contributed by atoms with E-state index in [0.717, 1.165) is 28.0 Å². The largest absolute Gasteiger partial charge is 0.274 e. The van der Waals surface area contributed by atoms with Crippen molar-refractivity contribution in [2.24, 2.45) is 0 Å². The molecule has 0 unspecified atom stereocenters. The molecule has 1 aromatic heterocycles. The molecule has 1 heterocycles. The van der Waals surface area contributed by atoms with Gasteiger partial charge in [0, 0.05) is 23.8 Å². The molecule has 0 N–H and O–H groups in total. The highest BCUT2D eigenvalue weighted by atomic mass is 32.2. The monoisotopic (exact) mass is 368 g/mol. The first kappa shape index (κ1) is 17.7. The van der Waals surface area contributed by atoms with Crippen molar-refractivity contribution in [1.82, 2.24) is 4.98 Å². The lowest BCUT2D eigenvalue weighted by molar-refractivity contribution is -0.115. The van der Waals surface area contributed by atoms with E-state index in [-0.39, 0.29) is 5.91 Å². The first-order valence-electron chi connectivity index (χ1n) is 8.07. The first-order valence-corrected chi connectivity index (χ1v) is 10.1. The second-order valence-corrected chi connectivity index (χ2v) is 7.55. The summed E-state index contributed by atoms with van der Waals surface area (Å²) in [6.45, 7) is 3.71. The molecule has 0 aliphatic heterocycles. The number of carbonyl (C=O) groups is 1. The van der Waals surface area contributed by atoms with Crippen LogP contribution in [0.2, 0.25) is 0 Å². The zero-order chi connectivity index (χ0) is 17.6. The Kier molecular flexibility index (Phi) is 5.89. The fourth-order valence-corrected chi connectivity index (χ4v) is 4.50. The van der Waals surface area contributed by atoms with Crippen LogP contribution in [0, 0.1) is 6.92 Å². The molecule has 3 rings (SSSR count). The molecule has 128 valence electrons. The Bertz CT molecular complexity index is 846. The van der Waals surface area contributed by atoms with Crippen LogP contribution < -0.4 is 4.90 Å². The number of nitrogens with zero attached hydrogens (tertiary/aromatic N) is 2. The zero-order valence-corrected chi connectivity index (χ0v) is 15.9. The minimum absolute atomic E-state index is 0.0281. The number of thioether (sulfide) groups is 1. The molecular formula is C20H20N2OS2. The van der Waals surface area contributed by atoms with Gasteiger partial charge in [0.2, 0.25) is 5.91 Å². The van der Waals surface area contributed by atoms with E-state index in [2.05, 4.69) is 36.2 Å². The average Bonchev–Trinajstić information content (AvgIpc) is 3.06. The summed E-state index contributed by atoms with van der Waals surface area (Å²) < 4.78 is 0. The van der Waals surface area contributed by atoms with E-state index in [9.17, 15) is 4.79 Å². The number of benzene rings is 2. The third kappa shape index (κ3) is 4.50. The van der Waals surface area contributed by atoms with Crippen LogP contribution in [0.1, 0.15) is 23.7 Å². The molecular weight excluding hydrogens is 348 g/mol. The second kappa shape index (κ2) is 8.32. The Balaban J connectivity index is 1.67. The van der Waals surface area contributed by atoms with E-state index in [1.54, 1.807) is 11.8 Å². The van der Waals surface area contributed by atoms with Gasteiger partial charge in [0.05, 0.1) is 11.4 Å². The lowest BCUT2D eigenvalue weighted by Gasteiger charge is -2.17. The van der Waals surface area contributed by atoms with Gasteiger partial charge in [-0.3, -0.25) is 9.69 Å². The molecule has 5 heteroatoms. The lowest BCUT2D eigenvalue weighted by atomic mass is 10.1. The van der Waals surface area contributed by atoms with Crippen molar-refractivity contribution in [1.29, 1.82) is 0 Å². The van der Waals surface area contributed by atoms with E-state index in [1.165, 1.54) is 22.5 Å². The van der Waals surface area contributed by atoms with Gasteiger partial charge in [-0.05, 0) is 30.2 Å². The van der Waals surface area contributed by atoms with E-state index in [4.69, 9.17) is 0 Å². The van der Waals surface area contributed by atoms with E-state index < -0.39 is 0 Å². The smallest absolute Gasteiger partial charge is 0.230 e. The standard InChI is InChI=1S/C20H20N2OS2/c1-15-8-6-7-9-17(15)12-24-13-18-14-25-20(21-18)22(16(2)23)19-10-4-3-5-11-19/h3-11,14H,12-13H2,1-2H3. The van der Waals surface area contributed by atoms with Crippen molar-refractivity contribution in [3.8, 4) is 0 Å². The predicted molar refractivity (Wildman–Crippen MR) is 108 cm³/mol. The first-order chi connectivity index (χ1) is 12.1. The highest BCUT2D eigenvalue weighted by Crippen LogP contribution is 2.30. The highest BCUT2D eigenvalue weighted by Gasteiger charge is 2.17. The number of para-hydroxylation sites is 1. The SMILES string of the molecule is CC(=O)N(c1ccccc1)c1nc(CSCc2ccccc2C)cs1. The molecule has 0 atom stereocenters. The number of hydrogen-bond donors (Lipinski definition) is 0. The summed E-state index contributed by atoms with van der Waals surface area (Å²) in [7, 11) is 0. The number of amides is 1. The van der Waals surface area contributed by atoms with Crippen LogP contribution in [0.25, 0.3) is 0 Å². The quantitative estimate of drug-likeness (QED) is 0.570. The Morgan fingerprint density at radius 3 is 2.52 bits per heavy atom. The highest BCUT2D eigenvalue weighted by molar-refractivity contribution is 7.97. The van der Waals surface area contributed by atoms with Crippen LogP contribution in [0.4, 0.5) is 10.8 Å². The molecule has 0 saturated heterocycles. The molecule has 25 heavy (non-hydrogen) atoms. The number of aromatic nitrogens is 1. The van der Waals surface area contributed by atoms with Gasteiger partial charge in [0.15, 0.2) is 5.13 Å². The van der Waals surface area contributed by atoms with Crippen molar-refractivity contribution in [2.45, 2.75) is 25.4 Å². The van der Waals surface area contributed by atoms with Crippen LogP contribution >= 0.6 is 23.1 Å². The van der Waals surface area contributed by atoms with Crippen molar-refractivity contribution in [3.63, 3.8) is 0 Å². The fraction of sp³-hybridized carbons (Fsp3) is 0.200. The molecule has 0 bridgehead atoms. The van der Waals surface area contributed by atoms with Crippen LogP contribution in [0.3, 0.4) is 0 Å². The van der Waals surface area contributed by atoms with Crippen LogP contribution in [0.15, 0.2) is 60.0 Å². The van der Waals surface area contributed by atoms with Gasteiger partial charge < -0.3 is 0 Å². The molecule has 0 saturated carbocycles. The Morgan fingerprint density at radius 1 is 1.08 bits per heavy atom. The van der Waals surface area contributed by atoms with Crippen molar-refractivity contribution < 1.29 is 4.79 Å². The van der Waals surface area contributed by atoms with Crippen molar-refractivity contribution >= 4 is 39.8 Å². The van der Waals surface area contributed by atoms with Crippen LogP contribution in [0.5, 0.6) is 0 Å². The van der Waals surface area contributed by atoms with Gasteiger partial charge >= 0.3 is 0 Å². The van der Waals surface area contributed by atoms with Gasteiger partial charge in [-0.25, -0.2) is 4.98 Å². The van der Waals surface area contributed by atoms with Gasteiger partial charge in [0.1, 0.15) is 0 Å². The summed E-state index contributed by atoms with van der Waals surface area (Å²) in [6, 6.07) is 18.1. The maximum Gasteiger partial charge on any atom is 0.230 e. The van der Waals surface area contributed by atoms with E-state index in [0.29, 0.717) is 0 Å². The summed E-state index contributed by atoms with van der Waals surface area (Å²) in [5.41, 5.74) is 4.54. The topological polar surface area (TPSA) is 33.2 Å². The van der Waals surface area contributed by atoms with Crippen LogP contribution in [-0.4, -0.2) is 10.9 Å². The average molecular weight is 369 g/mol. The Morgan fingerprint density at radius 2 is 1.80 bits per heavy atom. The van der Waals surface area contributed by atoms with Gasteiger partial charge in [-0.15, -0.1) is 11.3 Å². The number of thiazole rings is 1. The lowest BCUT2D eigenvalue weighted by Crippen LogP contribution is -2.22. The maximum absolute atomic E-state index is 12.1. The molecule has 0 radical (unpaired) electrons. The number of aryl methyl sites for hydroxylation is 1. The van der Waals surface area contributed by atoms with Gasteiger partial charge in [-0.1, -0.05) is 42.5 Å². The summed E-state index contributed by atoms with van der Waals surface area (Å²) in [5, 5.41) is 2.77. The number of hydrogen-bond acceptors (Lipinski definition) is 4. The number of carbonyl (C=O) groups excluding carboxylic acids is 1. The molecule has 0 fully saturated rings. The molecule has 0 spiro atoms. The molecule has 3 nitrogen and oxygen atoms in total. The third-order valence-electron chi connectivity index (χ3n) is 3.83.